The van der Waals surface area contributed by atoms with Crippen LogP contribution in [-0.4, -0.2) is 152 Å². The van der Waals surface area contributed by atoms with Gasteiger partial charge in [0.05, 0.1) is 126 Å². The van der Waals surface area contributed by atoms with Crippen molar-refractivity contribution in [3.05, 3.63) is 35.9 Å². The lowest BCUT2D eigenvalue weighted by atomic mass is 10.1. The normalized spacial score (nSPS) is 11.6. The number of esters is 1. The lowest BCUT2D eigenvalue weighted by Gasteiger charge is -2.16. The van der Waals surface area contributed by atoms with Crippen molar-refractivity contribution >= 4 is 20.1 Å². The van der Waals surface area contributed by atoms with Crippen molar-refractivity contribution in [3.8, 4) is 0 Å². The molecule has 0 saturated carbocycles. The summed E-state index contributed by atoms with van der Waals surface area (Å²) in [6, 6.07) is 8.26. The highest BCUT2D eigenvalue weighted by molar-refractivity contribution is 6.69. The molecule has 0 aliphatic carbocycles. The molecule has 0 spiro atoms. The Morgan fingerprint density at radius 2 is 0.733 bits per heavy atom. The van der Waals surface area contributed by atoms with Gasteiger partial charge < -0.3 is 51.8 Å². The van der Waals surface area contributed by atoms with Crippen molar-refractivity contribution in [2.45, 2.75) is 19.6 Å². The maximum absolute atomic E-state index is 11.9. The number of benzene rings is 1. The Labute approximate surface area is 269 Å². The highest BCUT2D eigenvalue weighted by Gasteiger charge is 2.17. The van der Waals surface area contributed by atoms with E-state index in [1.807, 2.05) is 0 Å². The number of carbonyl (C=O) groups excluding carboxylic acids is 2. The lowest BCUT2D eigenvalue weighted by Crippen LogP contribution is -2.27. The molecule has 13 nitrogen and oxygen atoms in total. The van der Waals surface area contributed by atoms with Crippen LogP contribution in [0.3, 0.4) is 0 Å². The van der Waals surface area contributed by atoms with Crippen LogP contribution < -0.4 is 0 Å². The summed E-state index contributed by atoms with van der Waals surface area (Å²) in [6.45, 7) is 15.5. The Kier molecular flexibility index (Phi) is 27.1. The van der Waals surface area contributed by atoms with Crippen molar-refractivity contribution < 1.29 is 61.4 Å². The number of ketones is 1. The minimum absolute atomic E-state index is 0.000370. The summed E-state index contributed by atoms with van der Waals surface area (Å²) in [5.41, 5.74) is 0.297. The summed E-state index contributed by atoms with van der Waals surface area (Å²) < 4.78 is 59.6. The average molecular weight is 663 g/mol. The highest BCUT2D eigenvalue weighted by Crippen LogP contribution is 2.02. The van der Waals surface area contributed by atoms with Crippen LogP contribution in [0.15, 0.2) is 30.3 Å². The number of carbonyl (C=O) groups is 2. The lowest BCUT2D eigenvalue weighted by molar-refractivity contribution is -0.139. The van der Waals surface area contributed by atoms with Gasteiger partial charge in [-0.3, -0.25) is 4.79 Å². The Morgan fingerprint density at radius 1 is 0.444 bits per heavy atom. The van der Waals surface area contributed by atoms with E-state index >= 15 is 0 Å². The molecule has 0 N–H and O–H groups in total. The highest BCUT2D eigenvalue weighted by atomic mass is 28.4. The Morgan fingerprint density at radius 3 is 1.04 bits per heavy atom. The zero-order chi connectivity index (χ0) is 32.7. The maximum atomic E-state index is 11.9. The fourth-order valence-corrected chi connectivity index (χ4v) is 3.93. The molecule has 14 heteroatoms. The van der Waals surface area contributed by atoms with Gasteiger partial charge in [-0.1, -0.05) is 30.3 Å². The molecule has 1 rings (SSSR count). The van der Waals surface area contributed by atoms with Gasteiger partial charge in [-0.15, -0.1) is 0 Å². The number of ether oxygens (including phenoxy) is 10. The van der Waals surface area contributed by atoms with Crippen LogP contribution in [0.25, 0.3) is 0 Å². The predicted octanol–water partition coefficient (Wildman–Crippen LogP) is 2.41. The van der Waals surface area contributed by atoms with Crippen LogP contribution >= 0.6 is 0 Å². The molecule has 45 heavy (non-hydrogen) atoms. The van der Waals surface area contributed by atoms with E-state index in [9.17, 15) is 9.59 Å². The van der Waals surface area contributed by atoms with Gasteiger partial charge in [0.15, 0.2) is 8.32 Å². The molecular weight excluding hydrogens is 608 g/mol. The predicted molar refractivity (Wildman–Crippen MR) is 168 cm³/mol. The Balaban J connectivity index is 1.68. The molecule has 0 aromatic heterocycles. The van der Waals surface area contributed by atoms with Gasteiger partial charge in [0.1, 0.15) is 6.61 Å². The zero-order valence-corrected chi connectivity index (χ0v) is 28.3. The van der Waals surface area contributed by atoms with Gasteiger partial charge in [-0.05, 0) is 19.6 Å². The van der Waals surface area contributed by atoms with Crippen LogP contribution in [0.2, 0.25) is 19.6 Å². The number of Topliss-reactive ketones (excluding diaryl/α,β-unsaturated/α-hetero) is 1. The fraction of sp³-hybridized carbons (Fsp3) is 0.742. The van der Waals surface area contributed by atoms with Gasteiger partial charge in [-0.2, -0.15) is 0 Å². The smallest absolute Gasteiger partial charge is 0.379 e. The summed E-state index contributed by atoms with van der Waals surface area (Å²) in [6.07, 6.45) is 0. The first-order valence-corrected chi connectivity index (χ1v) is 18.9. The second-order valence-electron chi connectivity index (χ2n) is 10.3. The quantitative estimate of drug-likeness (QED) is 0.0359. The second kappa shape index (κ2) is 29.6. The van der Waals surface area contributed by atoms with Crippen molar-refractivity contribution in [1.82, 2.24) is 0 Å². The first-order chi connectivity index (χ1) is 21.9. The Hall–Kier alpha value is -1.82. The van der Waals surface area contributed by atoms with Crippen LogP contribution in [0, 0.1) is 0 Å². The van der Waals surface area contributed by atoms with E-state index in [0.717, 1.165) is 0 Å². The van der Waals surface area contributed by atoms with Crippen molar-refractivity contribution in [3.63, 3.8) is 0 Å². The van der Waals surface area contributed by atoms with E-state index in [4.69, 9.17) is 51.8 Å². The third kappa shape index (κ3) is 28.2. The molecule has 0 fully saturated rings. The topological polar surface area (TPSA) is 136 Å². The molecule has 0 radical (unpaired) electrons. The standard InChI is InChI=1S/C31H54O13Si/c1-45(2,3)44-28-26-42-24-22-40-20-18-38-16-14-36-12-10-34-9-11-35-13-15-37-17-19-39-21-23-41-25-27-43-31(33)30(32)29-7-5-4-6-8-29/h4-8H,9-28H2,1-3H3. The monoisotopic (exact) mass is 662 g/mol. The first-order valence-electron chi connectivity index (χ1n) is 15.5. The van der Waals surface area contributed by atoms with Gasteiger partial charge >= 0.3 is 5.97 Å². The van der Waals surface area contributed by atoms with E-state index < -0.39 is 20.1 Å². The van der Waals surface area contributed by atoms with Crippen molar-refractivity contribution in [2.24, 2.45) is 0 Å². The van der Waals surface area contributed by atoms with E-state index in [1.54, 1.807) is 30.3 Å². The largest absolute Gasteiger partial charge is 0.457 e. The zero-order valence-electron chi connectivity index (χ0n) is 27.3. The molecule has 1 aromatic rings. The van der Waals surface area contributed by atoms with E-state index in [1.165, 1.54) is 0 Å². The molecule has 0 saturated heterocycles. The number of hydrogen-bond acceptors (Lipinski definition) is 13. The SMILES string of the molecule is C[Si](C)(C)OCCOCCOCCOCCOCCOCCOCCOCCOCCOCCOC(=O)C(=O)c1ccccc1. The average Bonchev–Trinajstić information content (AvgIpc) is 3.03. The third-order valence-electron chi connectivity index (χ3n) is 5.42. The van der Waals surface area contributed by atoms with Crippen LogP contribution in [0.5, 0.6) is 0 Å². The van der Waals surface area contributed by atoms with Crippen molar-refractivity contribution in [2.75, 3.05) is 132 Å². The summed E-state index contributed by atoms with van der Waals surface area (Å²) >= 11 is 0. The summed E-state index contributed by atoms with van der Waals surface area (Å²) in [4.78, 5) is 23.6. The van der Waals surface area contributed by atoms with Crippen LogP contribution in [0.1, 0.15) is 10.4 Å². The Bertz CT molecular complexity index is 823. The van der Waals surface area contributed by atoms with Gasteiger partial charge in [0.2, 0.25) is 0 Å². The fourth-order valence-electron chi connectivity index (χ4n) is 3.23. The van der Waals surface area contributed by atoms with Crippen LogP contribution in [-0.2, 0) is 56.6 Å². The summed E-state index contributed by atoms with van der Waals surface area (Å²) in [5.74, 6) is -1.57. The first kappa shape index (κ1) is 41.2. The summed E-state index contributed by atoms with van der Waals surface area (Å²) in [5, 5.41) is 0. The molecule has 0 unspecified atom stereocenters. The van der Waals surface area contributed by atoms with E-state index in [2.05, 4.69) is 19.6 Å². The molecule has 0 bridgehead atoms. The summed E-state index contributed by atoms with van der Waals surface area (Å²) in [7, 11) is -1.46. The maximum Gasteiger partial charge on any atom is 0.379 e. The van der Waals surface area contributed by atoms with Gasteiger partial charge in [-0.25, -0.2) is 4.79 Å². The molecule has 0 aliphatic heterocycles. The van der Waals surface area contributed by atoms with Crippen LogP contribution in [0.4, 0.5) is 0 Å². The number of hydrogen-bond donors (Lipinski definition) is 0. The number of rotatable bonds is 33. The molecule has 1 aromatic carbocycles. The van der Waals surface area contributed by atoms with E-state index in [0.29, 0.717) is 124 Å². The molecule has 260 valence electrons. The molecule has 0 amide bonds. The molecule has 0 aliphatic rings. The molecular formula is C31H54O13Si. The van der Waals surface area contributed by atoms with Gasteiger partial charge in [0.25, 0.3) is 5.78 Å². The van der Waals surface area contributed by atoms with Crippen molar-refractivity contribution in [1.29, 1.82) is 0 Å². The molecule has 0 atom stereocenters. The second-order valence-corrected chi connectivity index (χ2v) is 14.8. The third-order valence-corrected chi connectivity index (χ3v) is 6.49. The minimum atomic E-state index is -1.46. The minimum Gasteiger partial charge on any atom is -0.457 e. The molecule has 0 heterocycles. The van der Waals surface area contributed by atoms with E-state index in [-0.39, 0.29) is 13.2 Å². The van der Waals surface area contributed by atoms with Gasteiger partial charge in [0, 0.05) is 5.56 Å².